The molecule has 0 bridgehead atoms. The summed E-state index contributed by atoms with van der Waals surface area (Å²) in [5.41, 5.74) is 0.462. The Bertz CT molecular complexity index is 836. The highest BCUT2D eigenvalue weighted by Gasteiger charge is 2.18. The lowest BCUT2D eigenvalue weighted by molar-refractivity contribution is 0.476. The second-order valence-corrected chi connectivity index (χ2v) is 5.99. The highest BCUT2D eigenvalue weighted by Crippen LogP contribution is 2.25. The number of nitrogens with zero attached hydrogens (tertiary/aromatic N) is 1. The zero-order chi connectivity index (χ0) is 13.5. The minimum Gasteiger partial charge on any atom is -0.508 e. The van der Waals surface area contributed by atoms with Crippen molar-refractivity contribution in [1.82, 2.24) is 3.97 Å². The Morgan fingerprint density at radius 3 is 2.42 bits per heavy atom. The van der Waals surface area contributed by atoms with Gasteiger partial charge in [0, 0.05) is 17.6 Å². The summed E-state index contributed by atoms with van der Waals surface area (Å²) < 4.78 is 26.2. The lowest BCUT2D eigenvalue weighted by Crippen LogP contribution is -2.11. The van der Waals surface area contributed by atoms with E-state index in [0.29, 0.717) is 5.52 Å². The van der Waals surface area contributed by atoms with Gasteiger partial charge in [0.2, 0.25) is 0 Å². The molecule has 3 rings (SSSR count). The van der Waals surface area contributed by atoms with E-state index >= 15 is 0 Å². The van der Waals surface area contributed by atoms with Gasteiger partial charge < -0.3 is 5.11 Å². The number of fused-ring (bicyclic) bond motifs is 1. The van der Waals surface area contributed by atoms with Crippen LogP contribution in [0.5, 0.6) is 5.75 Å². The first-order chi connectivity index (χ1) is 9.09. The number of benzene rings is 2. The molecular formula is C14H11NO3S. The second kappa shape index (κ2) is 4.13. The fourth-order valence-electron chi connectivity index (χ4n) is 2.01. The van der Waals surface area contributed by atoms with Crippen molar-refractivity contribution in [2.45, 2.75) is 4.90 Å². The van der Waals surface area contributed by atoms with E-state index in [-0.39, 0.29) is 10.6 Å². The van der Waals surface area contributed by atoms with Crippen molar-refractivity contribution in [3.05, 3.63) is 60.8 Å². The molecule has 0 spiro atoms. The van der Waals surface area contributed by atoms with E-state index in [0.717, 1.165) is 5.39 Å². The van der Waals surface area contributed by atoms with Crippen LogP contribution in [0.2, 0.25) is 0 Å². The van der Waals surface area contributed by atoms with Gasteiger partial charge in [-0.15, -0.1) is 0 Å². The molecule has 3 aromatic rings. The van der Waals surface area contributed by atoms with Crippen molar-refractivity contribution >= 4 is 20.9 Å². The first kappa shape index (κ1) is 11.8. The molecule has 0 saturated heterocycles. The van der Waals surface area contributed by atoms with E-state index in [1.807, 2.05) is 0 Å². The molecule has 1 aromatic heterocycles. The Hall–Kier alpha value is -2.27. The SMILES string of the molecule is O=S(=O)(c1ccccc1)n1ccc2ccc(O)cc21. The van der Waals surface area contributed by atoms with Crippen LogP contribution in [0, 0.1) is 0 Å². The number of phenols is 1. The average molecular weight is 273 g/mol. The van der Waals surface area contributed by atoms with Crippen LogP contribution < -0.4 is 0 Å². The summed E-state index contributed by atoms with van der Waals surface area (Å²) in [5, 5.41) is 10.3. The summed E-state index contributed by atoms with van der Waals surface area (Å²) in [7, 11) is -3.63. The quantitative estimate of drug-likeness (QED) is 0.780. The van der Waals surface area contributed by atoms with Crippen molar-refractivity contribution in [1.29, 1.82) is 0 Å². The molecule has 0 atom stereocenters. The van der Waals surface area contributed by atoms with Gasteiger partial charge in [-0.3, -0.25) is 0 Å². The smallest absolute Gasteiger partial charge is 0.268 e. The summed E-state index contributed by atoms with van der Waals surface area (Å²) in [6.07, 6.45) is 1.49. The number of rotatable bonds is 2. The van der Waals surface area contributed by atoms with Crippen LogP contribution in [0.15, 0.2) is 65.7 Å². The molecular weight excluding hydrogens is 262 g/mol. The van der Waals surface area contributed by atoms with Gasteiger partial charge in [0.25, 0.3) is 10.0 Å². The maximum Gasteiger partial charge on any atom is 0.268 e. The Morgan fingerprint density at radius 2 is 1.68 bits per heavy atom. The van der Waals surface area contributed by atoms with Crippen molar-refractivity contribution < 1.29 is 13.5 Å². The van der Waals surface area contributed by atoms with E-state index in [2.05, 4.69) is 0 Å². The molecule has 96 valence electrons. The van der Waals surface area contributed by atoms with Gasteiger partial charge in [-0.1, -0.05) is 18.2 Å². The lowest BCUT2D eigenvalue weighted by atomic mass is 10.2. The molecule has 0 aliphatic rings. The predicted octanol–water partition coefficient (Wildman–Crippen LogP) is 2.58. The second-order valence-electron chi connectivity index (χ2n) is 4.17. The minimum absolute atomic E-state index is 0.0377. The normalized spacial score (nSPS) is 11.8. The van der Waals surface area contributed by atoms with E-state index in [1.165, 1.54) is 22.3 Å². The Morgan fingerprint density at radius 1 is 0.947 bits per heavy atom. The summed E-state index contributed by atoms with van der Waals surface area (Å²) in [6.45, 7) is 0. The highest BCUT2D eigenvalue weighted by molar-refractivity contribution is 7.90. The van der Waals surface area contributed by atoms with Crippen molar-refractivity contribution in [3.63, 3.8) is 0 Å². The molecule has 0 radical (unpaired) electrons. The number of hydrogen-bond donors (Lipinski definition) is 1. The van der Waals surface area contributed by atoms with E-state index in [4.69, 9.17) is 0 Å². The Kier molecular flexibility index (Phi) is 2.57. The Labute approximate surface area is 110 Å². The van der Waals surface area contributed by atoms with Gasteiger partial charge in [0.1, 0.15) is 5.75 Å². The third-order valence-electron chi connectivity index (χ3n) is 2.94. The van der Waals surface area contributed by atoms with Crippen molar-refractivity contribution in [2.24, 2.45) is 0 Å². The van der Waals surface area contributed by atoms with E-state index in [9.17, 15) is 13.5 Å². The summed E-state index contributed by atoms with van der Waals surface area (Å²) in [6, 6.07) is 14.6. The average Bonchev–Trinajstić information content (AvgIpc) is 2.83. The molecule has 0 saturated carbocycles. The van der Waals surface area contributed by atoms with E-state index < -0.39 is 10.0 Å². The van der Waals surface area contributed by atoms with Crippen LogP contribution in [-0.2, 0) is 10.0 Å². The zero-order valence-corrected chi connectivity index (χ0v) is 10.7. The number of aromatic hydroxyl groups is 1. The molecule has 0 fully saturated rings. The maximum absolute atomic E-state index is 12.5. The first-order valence-electron chi connectivity index (χ1n) is 5.70. The van der Waals surface area contributed by atoms with Crippen molar-refractivity contribution in [3.8, 4) is 5.75 Å². The molecule has 0 aliphatic carbocycles. The van der Waals surface area contributed by atoms with Gasteiger partial charge in [-0.05, 0) is 30.3 Å². The van der Waals surface area contributed by atoms with Crippen LogP contribution in [0.3, 0.4) is 0 Å². The molecule has 2 aromatic carbocycles. The number of hydrogen-bond acceptors (Lipinski definition) is 3. The molecule has 1 heterocycles. The Balaban J connectivity index is 2.28. The number of phenolic OH excluding ortho intramolecular Hbond substituents is 1. The minimum atomic E-state index is -3.63. The molecule has 0 unspecified atom stereocenters. The molecule has 19 heavy (non-hydrogen) atoms. The largest absolute Gasteiger partial charge is 0.508 e. The van der Waals surface area contributed by atoms with Gasteiger partial charge in [0.05, 0.1) is 10.4 Å². The third kappa shape index (κ3) is 1.88. The third-order valence-corrected chi connectivity index (χ3v) is 4.65. The van der Waals surface area contributed by atoms with Crippen LogP contribution in [0.4, 0.5) is 0 Å². The van der Waals surface area contributed by atoms with Crippen LogP contribution in [0.25, 0.3) is 10.9 Å². The fraction of sp³-hybridized carbons (Fsp3) is 0. The molecule has 4 nitrogen and oxygen atoms in total. The first-order valence-corrected chi connectivity index (χ1v) is 7.14. The standard InChI is InChI=1S/C14H11NO3S/c16-12-7-6-11-8-9-15(14(11)10-12)19(17,18)13-4-2-1-3-5-13/h1-10,16H. The summed E-state index contributed by atoms with van der Waals surface area (Å²) in [5.74, 6) is 0.0377. The molecule has 0 amide bonds. The van der Waals surface area contributed by atoms with E-state index in [1.54, 1.807) is 42.5 Å². The number of aromatic nitrogens is 1. The monoisotopic (exact) mass is 273 g/mol. The van der Waals surface area contributed by atoms with Crippen LogP contribution in [-0.4, -0.2) is 17.5 Å². The molecule has 1 N–H and O–H groups in total. The topological polar surface area (TPSA) is 59.3 Å². The molecule has 5 heteroatoms. The zero-order valence-electron chi connectivity index (χ0n) is 9.89. The lowest BCUT2D eigenvalue weighted by Gasteiger charge is -2.07. The van der Waals surface area contributed by atoms with Crippen LogP contribution in [0.1, 0.15) is 0 Å². The fourth-order valence-corrected chi connectivity index (χ4v) is 3.37. The highest BCUT2D eigenvalue weighted by atomic mass is 32.2. The predicted molar refractivity (Wildman–Crippen MR) is 72.6 cm³/mol. The molecule has 0 aliphatic heterocycles. The van der Waals surface area contributed by atoms with Gasteiger partial charge in [-0.25, -0.2) is 12.4 Å². The van der Waals surface area contributed by atoms with Crippen molar-refractivity contribution in [2.75, 3.05) is 0 Å². The maximum atomic E-state index is 12.5. The van der Waals surface area contributed by atoms with Gasteiger partial charge in [-0.2, -0.15) is 0 Å². The summed E-state index contributed by atoms with van der Waals surface area (Å²) in [4.78, 5) is 0.218. The van der Waals surface area contributed by atoms with Crippen LogP contribution >= 0.6 is 0 Å². The van der Waals surface area contributed by atoms with Gasteiger partial charge in [0.15, 0.2) is 0 Å². The van der Waals surface area contributed by atoms with Gasteiger partial charge >= 0.3 is 0 Å². The summed E-state index contributed by atoms with van der Waals surface area (Å²) >= 11 is 0.